The predicted octanol–water partition coefficient (Wildman–Crippen LogP) is 2.68. The molecule has 0 heterocycles. The summed E-state index contributed by atoms with van der Waals surface area (Å²) in [6.45, 7) is 3.94. The first-order valence-electron chi connectivity index (χ1n) is 8.79. The molecule has 27 heavy (non-hydrogen) atoms. The van der Waals surface area contributed by atoms with Crippen molar-refractivity contribution in [2.75, 3.05) is 19.7 Å². The van der Waals surface area contributed by atoms with Crippen molar-refractivity contribution >= 4 is 41.1 Å². The van der Waals surface area contributed by atoms with Gasteiger partial charge < -0.3 is 20.7 Å². The molecule has 9 heteroatoms. The molecule has 1 aromatic rings. The standard InChI is InChI=1S/C18H25Cl2N3O4/c1-3-5-15(23-18(26)22-11-16(24)27-4-2)17(25)21-9-8-12-6-7-13(19)10-14(12)20/h6-7,10,15H,3-5,8-9,11H2,1-2H3,(H,21,25)(H2,22,23,26). The van der Waals surface area contributed by atoms with Gasteiger partial charge in [-0.3, -0.25) is 9.59 Å². The van der Waals surface area contributed by atoms with E-state index in [1.807, 2.05) is 6.92 Å². The van der Waals surface area contributed by atoms with E-state index in [0.717, 1.165) is 5.56 Å². The van der Waals surface area contributed by atoms with Crippen molar-refractivity contribution in [3.8, 4) is 0 Å². The maximum atomic E-state index is 12.3. The lowest BCUT2D eigenvalue weighted by Crippen LogP contribution is -2.51. The van der Waals surface area contributed by atoms with Gasteiger partial charge in [0.25, 0.3) is 0 Å². The second-order valence-electron chi connectivity index (χ2n) is 5.75. The second kappa shape index (κ2) is 12.4. The molecule has 150 valence electrons. The van der Waals surface area contributed by atoms with Crippen molar-refractivity contribution in [1.82, 2.24) is 16.0 Å². The summed E-state index contributed by atoms with van der Waals surface area (Å²) in [4.78, 5) is 35.5. The van der Waals surface area contributed by atoms with E-state index in [2.05, 4.69) is 16.0 Å². The van der Waals surface area contributed by atoms with Gasteiger partial charge in [0.15, 0.2) is 0 Å². The third kappa shape index (κ3) is 8.97. The molecule has 0 bridgehead atoms. The molecule has 7 nitrogen and oxygen atoms in total. The highest BCUT2D eigenvalue weighted by Gasteiger charge is 2.20. The molecule has 1 aromatic carbocycles. The number of urea groups is 1. The van der Waals surface area contributed by atoms with Crippen LogP contribution in [0, 0.1) is 0 Å². The van der Waals surface area contributed by atoms with Gasteiger partial charge in [0.2, 0.25) is 5.91 Å². The molecule has 0 spiro atoms. The van der Waals surface area contributed by atoms with Gasteiger partial charge in [-0.2, -0.15) is 0 Å². The van der Waals surface area contributed by atoms with Crippen LogP contribution in [-0.2, 0) is 20.7 Å². The van der Waals surface area contributed by atoms with E-state index in [-0.39, 0.29) is 19.1 Å². The van der Waals surface area contributed by atoms with Crippen LogP contribution in [-0.4, -0.2) is 43.6 Å². The number of ether oxygens (including phenoxy) is 1. The first-order chi connectivity index (χ1) is 12.9. The van der Waals surface area contributed by atoms with Crippen molar-refractivity contribution in [2.45, 2.75) is 39.2 Å². The Morgan fingerprint density at radius 3 is 2.52 bits per heavy atom. The van der Waals surface area contributed by atoms with Gasteiger partial charge in [-0.25, -0.2) is 4.79 Å². The average Bonchev–Trinajstić information content (AvgIpc) is 2.61. The van der Waals surface area contributed by atoms with E-state index in [0.29, 0.717) is 35.9 Å². The topological polar surface area (TPSA) is 96.5 Å². The normalized spacial score (nSPS) is 11.4. The minimum Gasteiger partial charge on any atom is -0.465 e. The number of hydrogen-bond donors (Lipinski definition) is 3. The molecule has 3 amide bonds. The van der Waals surface area contributed by atoms with E-state index in [1.165, 1.54) is 0 Å². The molecule has 0 fully saturated rings. The average molecular weight is 418 g/mol. The van der Waals surface area contributed by atoms with Crippen LogP contribution in [0.25, 0.3) is 0 Å². The quantitative estimate of drug-likeness (QED) is 0.509. The van der Waals surface area contributed by atoms with Crippen LogP contribution in [0.4, 0.5) is 4.79 Å². The van der Waals surface area contributed by atoms with Crippen LogP contribution in [0.2, 0.25) is 10.0 Å². The van der Waals surface area contributed by atoms with Gasteiger partial charge >= 0.3 is 12.0 Å². The van der Waals surface area contributed by atoms with E-state index < -0.39 is 18.0 Å². The number of esters is 1. The molecular weight excluding hydrogens is 393 g/mol. The Kier molecular flexibility index (Phi) is 10.6. The molecule has 3 N–H and O–H groups in total. The minimum absolute atomic E-state index is 0.237. The first-order valence-corrected chi connectivity index (χ1v) is 9.54. The molecule has 0 saturated carbocycles. The summed E-state index contributed by atoms with van der Waals surface area (Å²) in [5, 5.41) is 8.81. The lowest BCUT2D eigenvalue weighted by molar-refractivity contribution is -0.141. The third-order valence-corrected chi connectivity index (χ3v) is 4.19. The highest BCUT2D eigenvalue weighted by molar-refractivity contribution is 6.35. The molecule has 0 aliphatic heterocycles. The number of rotatable bonds is 10. The van der Waals surface area contributed by atoms with Gasteiger partial charge in [0.1, 0.15) is 12.6 Å². The summed E-state index contributed by atoms with van der Waals surface area (Å²) in [7, 11) is 0. The molecule has 0 aliphatic rings. The Balaban J connectivity index is 2.47. The molecule has 0 saturated heterocycles. The summed E-state index contributed by atoms with van der Waals surface area (Å²) >= 11 is 12.0. The number of nitrogens with one attached hydrogen (secondary N) is 3. The van der Waals surface area contributed by atoms with Crippen LogP contribution in [0.1, 0.15) is 32.3 Å². The molecule has 0 radical (unpaired) electrons. The Morgan fingerprint density at radius 2 is 1.89 bits per heavy atom. The van der Waals surface area contributed by atoms with Crippen LogP contribution in [0.5, 0.6) is 0 Å². The maximum absolute atomic E-state index is 12.3. The summed E-state index contributed by atoms with van der Waals surface area (Å²) < 4.78 is 4.72. The van der Waals surface area contributed by atoms with Gasteiger partial charge in [-0.1, -0.05) is 42.6 Å². The predicted molar refractivity (Wildman–Crippen MR) is 105 cm³/mol. The van der Waals surface area contributed by atoms with Crippen molar-refractivity contribution in [3.63, 3.8) is 0 Å². The second-order valence-corrected chi connectivity index (χ2v) is 6.59. The van der Waals surface area contributed by atoms with Crippen LogP contribution < -0.4 is 16.0 Å². The zero-order valence-electron chi connectivity index (χ0n) is 15.4. The Bertz CT molecular complexity index is 655. The summed E-state index contributed by atoms with van der Waals surface area (Å²) in [6, 6.07) is 3.90. The van der Waals surface area contributed by atoms with Crippen molar-refractivity contribution in [1.29, 1.82) is 0 Å². The van der Waals surface area contributed by atoms with Crippen LogP contribution in [0.3, 0.4) is 0 Å². The fourth-order valence-electron chi connectivity index (χ4n) is 2.30. The number of halogens is 2. The molecule has 1 atom stereocenters. The number of carbonyl (C=O) groups is 3. The molecule has 1 rings (SSSR count). The first kappa shape index (κ1) is 23.0. The Morgan fingerprint density at radius 1 is 1.15 bits per heavy atom. The van der Waals surface area contributed by atoms with Crippen molar-refractivity contribution < 1.29 is 19.1 Å². The number of carbonyl (C=O) groups excluding carboxylic acids is 3. The molecule has 1 unspecified atom stereocenters. The number of hydrogen-bond acceptors (Lipinski definition) is 4. The number of benzene rings is 1. The summed E-state index contributed by atoms with van der Waals surface area (Å²) in [6.07, 6.45) is 1.72. The Hall–Kier alpha value is -1.99. The monoisotopic (exact) mass is 417 g/mol. The zero-order chi connectivity index (χ0) is 20.2. The summed E-state index contributed by atoms with van der Waals surface area (Å²) in [5.74, 6) is -0.836. The van der Waals surface area contributed by atoms with Gasteiger partial charge in [0.05, 0.1) is 6.61 Å². The van der Waals surface area contributed by atoms with Crippen molar-refractivity contribution in [3.05, 3.63) is 33.8 Å². The van der Waals surface area contributed by atoms with E-state index in [1.54, 1.807) is 25.1 Å². The molecular formula is C18H25Cl2N3O4. The van der Waals surface area contributed by atoms with E-state index >= 15 is 0 Å². The Labute approximate surface area is 169 Å². The number of amides is 3. The lowest BCUT2D eigenvalue weighted by atomic mass is 10.1. The highest BCUT2D eigenvalue weighted by atomic mass is 35.5. The highest BCUT2D eigenvalue weighted by Crippen LogP contribution is 2.21. The van der Waals surface area contributed by atoms with Crippen LogP contribution in [0.15, 0.2) is 18.2 Å². The van der Waals surface area contributed by atoms with Gasteiger partial charge in [-0.15, -0.1) is 0 Å². The van der Waals surface area contributed by atoms with E-state index in [4.69, 9.17) is 27.9 Å². The lowest BCUT2D eigenvalue weighted by Gasteiger charge is -2.18. The largest absolute Gasteiger partial charge is 0.465 e. The van der Waals surface area contributed by atoms with Crippen molar-refractivity contribution in [2.24, 2.45) is 0 Å². The third-order valence-electron chi connectivity index (χ3n) is 3.61. The SMILES string of the molecule is CCCC(NC(=O)NCC(=O)OCC)C(=O)NCCc1ccc(Cl)cc1Cl. The van der Waals surface area contributed by atoms with Gasteiger partial charge in [0, 0.05) is 16.6 Å². The fraction of sp³-hybridized carbons (Fsp3) is 0.500. The zero-order valence-corrected chi connectivity index (χ0v) is 17.0. The molecule has 0 aliphatic carbocycles. The molecule has 0 aromatic heterocycles. The van der Waals surface area contributed by atoms with Crippen LogP contribution >= 0.6 is 23.2 Å². The maximum Gasteiger partial charge on any atom is 0.325 e. The fourth-order valence-corrected chi connectivity index (χ4v) is 2.80. The summed E-state index contributed by atoms with van der Waals surface area (Å²) in [5.41, 5.74) is 0.869. The minimum atomic E-state index is -0.696. The van der Waals surface area contributed by atoms with E-state index in [9.17, 15) is 14.4 Å². The van der Waals surface area contributed by atoms with Gasteiger partial charge in [-0.05, 0) is 37.5 Å². The smallest absolute Gasteiger partial charge is 0.325 e.